The summed E-state index contributed by atoms with van der Waals surface area (Å²) >= 11 is 1.49. The number of hydrogen-bond acceptors (Lipinski definition) is 3. The zero-order valence-corrected chi connectivity index (χ0v) is 9.80. The largest absolute Gasteiger partial charge is 0.384 e. The Bertz CT molecular complexity index is 386. The molecule has 1 atom stereocenters. The lowest BCUT2D eigenvalue weighted by Gasteiger charge is -2.27. The lowest BCUT2D eigenvalue weighted by molar-refractivity contribution is 0.0660. The predicted octanol–water partition coefficient (Wildman–Crippen LogP) is 1.95. The molecule has 2 N–H and O–H groups in total. The summed E-state index contributed by atoms with van der Waals surface area (Å²) in [5, 5.41) is 16.5. The number of nitrogens with one attached hydrogen (secondary N) is 1. The van der Waals surface area contributed by atoms with E-state index in [0.717, 1.165) is 12.8 Å². The van der Waals surface area contributed by atoms with Crippen molar-refractivity contribution in [3.05, 3.63) is 34.5 Å². The highest BCUT2D eigenvalue weighted by molar-refractivity contribution is 7.08. The minimum absolute atomic E-state index is 0.117. The Balaban J connectivity index is 1.90. The van der Waals surface area contributed by atoms with Gasteiger partial charge in [0.05, 0.1) is 12.1 Å². The number of rotatable bonds is 3. The molecule has 1 aromatic rings. The van der Waals surface area contributed by atoms with E-state index in [4.69, 9.17) is 0 Å². The van der Waals surface area contributed by atoms with Crippen LogP contribution >= 0.6 is 11.3 Å². The van der Waals surface area contributed by atoms with Gasteiger partial charge in [0.25, 0.3) is 5.91 Å². The molecule has 2 rings (SSSR count). The second kappa shape index (κ2) is 4.80. The minimum Gasteiger partial charge on any atom is -0.384 e. The van der Waals surface area contributed by atoms with E-state index in [1.54, 1.807) is 17.5 Å². The maximum absolute atomic E-state index is 11.7. The van der Waals surface area contributed by atoms with E-state index in [0.29, 0.717) is 12.0 Å². The van der Waals surface area contributed by atoms with Gasteiger partial charge < -0.3 is 10.4 Å². The van der Waals surface area contributed by atoms with Gasteiger partial charge in [0, 0.05) is 10.9 Å². The van der Waals surface area contributed by atoms with Crippen molar-refractivity contribution >= 4 is 17.2 Å². The molecule has 1 aromatic heterocycles. The van der Waals surface area contributed by atoms with E-state index in [-0.39, 0.29) is 12.5 Å². The number of allylic oxidation sites excluding steroid dienone is 1. The van der Waals surface area contributed by atoms with Crippen molar-refractivity contribution in [1.29, 1.82) is 0 Å². The van der Waals surface area contributed by atoms with Crippen LogP contribution in [0.3, 0.4) is 0 Å². The summed E-state index contributed by atoms with van der Waals surface area (Å²) in [4.78, 5) is 11.7. The van der Waals surface area contributed by atoms with Crippen molar-refractivity contribution in [1.82, 2.24) is 5.32 Å². The summed E-state index contributed by atoms with van der Waals surface area (Å²) in [6, 6.07) is 1.78. The number of carbonyl (C=O) groups excluding carboxylic acids is 1. The fourth-order valence-corrected chi connectivity index (χ4v) is 2.42. The molecular weight excluding hydrogens is 222 g/mol. The van der Waals surface area contributed by atoms with E-state index in [2.05, 4.69) is 5.32 Å². The molecular formula is C12H15NO2S. The van der Waals surface area contributed by atoms with Crippen LogP contribution in [0.15, 0.2) is 29.0 Å². The first-order valence-corrected chi connectivity index (χ1v) is 6.34. The first-order chi connectivity index (χ1) is 7.70. The van der Waals surface area contributed by atoms with Gasteiger partial charge in [-0.1, -0.05) is 12.2 Å². The predicted molar refractivity (Wildman–Crippen MR) is 64.6 cm³/mol. The molecule has 4 heteroatoms. The average Bonchev–Trinajstić information content (AvgIpc) is 2.80. The van der Waals surface area contributed by atoms with Crippen molar-refractivity contribution in [2.45, 2.75) is 24.9 Å². The first-order valence-electron chi connectivity index (χ1n) is 5.40. The zero-order chi connectivity index (χ0) is 11.4. The molecule has 0 saturated carbocycles. The average molecular weight is 237 g/mol. The van der Waals surface area contributed by atoms with Crippen LogP contribution in [-0.2, 0) is 0 Å². The third kappa shape index (κ3) is 2.71. The highest BCUT2D eigenvalue weighted by atomic mass is 32.1. The van der Waals surface area contributed by atoms with Crippen LogP contribution in [0.1, 0.15) is 29.6 Å². The molecule has 1 aliphatic carbocycles. The molecule has 0 radical (unpaired) electrons. The van der Waals surface area contributed by atoms with Gasteiger partial charge in [0.1, 0.15) is 0 Å². The lowest BCUT2D eigenvalue weighted by atomic mass is 9.91. The Morgan fingerprint density at radius 2 is 2.50 bits per heavy atom. The normalized spacial score (nSPS) is 24.3. The summed E-state index contributed by atoms with van der Waals surface area (Å²) in [6.07, 6.45) is 6.47. The smallest absolute Gasteiger partial charge is 0.252 e. The molecule has 0 aromatic carbocycles. The quantitative estimate of drug-likeness (QED) is 0.789. The standard InChI is InChI=1S/C12H15NO2S/c14-11(10-4-7-16-8-10)13-9-12(15)5-2-1-3-6-12/h2,4-5,7-8,15H,1,3,6,9H2,(H,13,14). The Kier molecular flexibility index (Phi) is 3.41. The van der Waals surface area contributed by atoms with Gasteiger partial charge in [-0.3, -0.25) is 4.79 Å². The Morgan fingerprint density at radius 3 is 3.12 bits per heavy atom. The molecule has 1 heterocycles. The summed E-state index contributed by atoms with van der Waals surface area (Å²) in [5.41, 5.74) is -0.197. The van der Waals surface area contributed by atoms with Gasteiger partial charge >= 0.3 is 0 Å². The number of aliphatic hydroxyl groups is 1. The van der Waals surface area contributed by atoms with Gasteiger partial charge in [-0.15, -0.1) is 0 Å². The fraction of sp³-hybridized carbons (Fsp3) is 0.417. The molecule has 0 spiro atoms. The van der Waals surface area contributed by atoms with Crippen LogP contribution in [0.5, 0.6) is 0 Å². The number of amides is 1. The highest BCUT2D eigenvalue weighted by Gasteiger charge is 2.25. The Labute approximate surface area is 98.8 Å². The van der Waals surface area contributed by atoms with Crippen molar-refractivity contribution in [3.63, 3.8) is 0 Å². The minimum atomic E-state index is -0.857. The van der Waals surface area contributed by atoms with Crippen LogP contribution in [0, 0.1) is 0 Å². The molecule has 3 nitrogen and oxygen atoms in total. The van der Waals surface area contributed by atoms with Crippen LogP contribution in [0.2, 0.25) is 0 Å². The topological polar surface area (TPSA) is 49.3 Å². The molecule has 1 unspecified atom stereocenters. The fourth-order valence-electron chi connectivity index (χ4n) is 1.79. The molecule has 1 aliphatic rings. The molecule has 16 heavy (non-hydrogen) atoms. The van der Waals surface area contributed by atoms with Gasteiger partial charge in [0.2, 0.25) is 0 Å². The van der Waals surface area contributed by atoms with E-state index in [9.17, 15) is 9.90 Å². The molecule has 0 aliphatic heterocycles. The van der Waals surface area contributed by atoms with Crippen molar-refractivity contribution in [2.24, 2.45) is 0 Å². The maximum atomic E-state index is 11.7. The Morgan fingerprint density at radius 1 is 1.62 bits per heavy atom. The van der Waals surface area contributed by atoms with Crippen molar-refractivity contribution in [3.8, 4) is 0 Å². The maximum Gasteiger partial charge on any atom is 0.252 e. The van der Waals surface area contributed by atoms with Gasteiger partial charge in [0.15, 0.2) is 0 Å². The summed E-state index contributed by atoms with van der Waals surface area (Å²) in [5.74, 6) is -0.117. The summed E-state index contributed by atoms with van der Waals surface area (Å²) < 4.78 is 0. The zero-order valence-electron chi connectivity index (χ0n) is 8.98. The van der Waals surface area contributed by atoms with Crippen LogP contribution in [-0.4, -0.2) is 23.2 Å². The molecule has 0 saturated heterocycles. The third-order valence-electron chi connectivity index (χ3n) is 2.75. The van der Waals surface area contributed by atoms with Crippen LogP contribution in [0.25, 0.3) is 0 Å². The SMILES string of the molecule is O=C(NCC1(O)C=CCCC1)c1ccsc1. The monoisotopic (exact) mass is 237 g/mol. The van der Waals surface area contributed by atoms with Gasteiger partial charge in [-0.05, 0) is 30.7 Å². The number of carbonyl (C=O) groups is 1. The van der Waals surface area contributed by atoms with Crippen LogP contribution in [0.4, 0.5) is 0 Å². The van der Waals surface area contributed by atoms with E-state index in [1.807, 2.05) is 11.5 Å². The van der Waals surface area contributed by atoms with Crippen molar-refractivity contribution in [2.75, 3.05) is 6.54 Å². The molecule has 86 valence electrons. The first kappa shape index (κ1) is 11.4. The van der Waals surface area contributed by atoms with E-state index < -0.39 is 5.60 Å². The van der Waals surface area contributed by atoms with E-state index >= 15 is 0 Å². The Hall–Kier alpha value is -1.13. The van der Waals surface area contributed by atoms with E-state index in [1.165, 1.54) is 11.3 Å². The van der Waals surface area contributed by atoms with Crippen molar-refractivity contribution < 1.29 is 9.90 Å². The van der Waals surface area contributed by atoms with Gasteiger partial charge in [-0.25, -0.2) is 0 Å². The molecule has 1 amide bonds. The second-order valence-electron chi connectivity index (χ2n) is 4.09. The third-order valence-corrected chi connectivity index (χ3v) is 3.43. The van der Waals surface area contributed by atoms with Gasteiger partial charge in [-0.2, -0.15) is 11.3 Å². The number of thiophene rings is 1. The molecule has 0 fully saturated rings. The second-order valence-corrected chi connectivity index (χ2v) is 4.87. The van der Waals surface area contributed by atoms with Crippen LogP contribution < -0.4 is 5.32 Å². The number of hydrogen-bond donors (Lipinski definition) is 2. The molecule has 0 bridgehead atoms. The summed E-state index contributed by atoms with van der Waals surface area (Å²) in [6.45, 7) is 0.290. The lowest BCUT2D eigenvalue weighted by Crippen LogP contribution is -2.42. The summed E-state index contributed by atoms with van der Waals surface area (Å²) in [7, 11) is 0. The highest BCUT2D eigenvalue weighted by Crippen LogP contribution is 2.21.